The Balaban J connectivity index is 2.87. The van der Waals surface area contributed by atoms with Crippen LogP contribution in [0.1, 0.15) is 0 Å². The van der Waals surface area contributed by atoms with Crippen molar-refractivity contribution in [3.63, 3.8) is 0 Å². The molecule has 2 rings (SSSR count). The van der Waals surface area contributed by atoms with Gasteiger partial charge in [-0.15, -0.1) is 0 Å². The van der Waals surface area contributed by atoms with E-state index in [0.29, 0.717) is 10.9 Å². The Morgan fingerprint density at radius 2 is 2.00 bits per heavy atom. The summed E-state index contributed by atoms with van der Waals surface area (Å²) < 4.78 is 30.4. The zero-order valence-electron chi connectivity index (χ0n) is 6.43. The lowest BCUT2D eigenvalue weighted by Gasteiger charge is -1.90. The molecule has 0 saturated carbocycles. The molecule has 6 heteroatoms. The maximum Gasteiger partial charge on any atom is 0.312 e. The largest absolute Gasteiger partial charge is 0.312 e. The zero-order valence-corrected chi connectivity index (χ0v) is 7.25. The lowest BCUT2D eigenvalue weighted by molar-refractivity contribution is 0.480. The molecule has 0 fully saturated rings. The van der Waals surface area contributed by atoms with E-state index in [1.807, 2.05) is 0 Å². The van der Waals surface area contributed by atoms with Crippen LogP contribution in [0.5, 0.6) is 0 Å². The molecular weight excluding hydrogens is 192 g/mol. The molecule has 13 heavy (non-hydrogen) atoms. The van der Waals surface area contributed by atoms with Crippen LogP contribution in [0.25, 0.3) is 10.9 Å². The molecule has 0 aliphatic heterocycles. The number of benzene rings is 1. The topological polar surface area (TPSA) is 83.0 Å². The summed E-state index contributed by atoms with van der Waals surface area (Å²) in [6.45, 7) is 0. The number of aromatic amines is 1. The van der Waals surface area contributed by atoms with Gasteiger partial charge < -0.3 is 0 Å². The highest BCUT2D eigenvalue weighted by Gasteiger charge is 2.15. The van der Waals surface area contributed by atoms with Crippen LogP contribution in [0, 0.1) is 0 Å². The summed E-state index contributed by atoms with van der Waals surface area (Å²) in [5, 5.41) is 6.12. The lowest BCUT2D eigenvalue weighted by atomic mass is 10.3. The van der Waals surface area contributed by atoms with Gasteiger partial charge >= 0.3 is 10.1 Å². The molecule has 0 amide bonds. The van der Waals surface area contributed by atoms with Gasteiger partial charge in [0.2, 0.25) is 0 Å². The van der Waals surface area contributed by atoms with Gasteiger partial charge in [0.15, 0.2) is 5.03 Å². The minimum Gasteiger partial charge on any atom is -0.281 e. The monoisotopic (exact) mass is 198 g/mol. The van der Waals surface area contributed by atoms with Crippen LogP contribution in [0.3, 0.4) is 0 Å². The normalized spacial score (nSPS) is 12.1. The van der Waals surface area contributed by atoms with Crippen LogP contribution in [-0.4, -0.2) is 23.2 Å². The van der Waals surface area contributed by atoms with E-state index in [1.54, 1.807) is 24.3 Å². The SMILES string of the molecule is O=S(=O)(O)c1[nH]nc2ccccc12. The molecule has 0 aliphatic carbocycles. The maximum atomic E-state index is 10.8. The highest BCUT2D eigenvalue weighted by atomic mass is 32.2. The molecule has 68 valence electrons. The second-order valence-corrected chi connectivity index (χ2v) is 3.90. The Hall–Kier alpha value is -1.40. The molecule has 0 aliphatic rings. The molecule has 0 atom stereocenters. The van der Waals surface area contributed by atoms with Crippen molar-refractivity contribution >= 4 is 21.0 Å². The lowest BCUT2D eigenvalue weighted by Crippen LogP contribution is -1.98. The van der Waals surface area contributed by atoms with Crippen molar-refractivity contribution in [1.29, 1.82) is 0 Å². The van der Waals surface area contributed by atoms with Crippen molar-refractivity contribution in [3.8, 4) is 0 Å². The number of rotatable bonds is 1. The van der Waals surface area contributed by atoms with Gasteiger partial charge in [0.25, 0.3) is 0 Å². The third-order valence-electron chi connectivity index (χ3n) is 1.68. The van der Waals surface area contributed by atoms with Crippen molar-refractivity contribution in [2.45, 2.75) is 5.03 Å². The number of fused-ring (bicyclic) bond motifs is 1. The molecule has 2 N–H and O–H groups in total. The average Bonchev–Trinajstić information content (AvgIpc) is 2.45. The van der Waals surface area contributed by atoms with Crippen molar-refractivity contribution in [1.82, 2.24) is 10.2 Å². The molecule has 0 saturated heterocycles. The first-order chi connectivity index (χ1) is 6.09. The summed E-state index contributed by atoms with van der Waals surface area (Å²) in [5.41, 5.74) is 0.509. The summed E-state index contributed by atoms with van der Waals surface area (Å²) in [6.07, 6.45) is 0. The van der Waals surface area contributed by atoms with Crippen molar-refractivity contribution < 1.29 is 13.0 Å². The summed E-state index contributed by atoms with van der Waals surface area (Å²) in [4.78, 5) is 0. The van der Waals surface area contributed by atoms with E-state index in [-0.39, 0.29) is 5.03 Å². The van der Waals surface area contributed by atoms with Gasteiger partial charge in [0, 0.05) is 5.39 Å². The number of H-pyrrole nitrogens is 1. The molecule has 0 radical (unpaired) electrons. The fourth-order valence-corrected chi connectivity index (χ4v) is 1.74. The molecule has 0 spiro atoms. The Morgan fingerprint density at radius 1 is 1.31 bits per heavy atom. The third kappa shape index (κ3) is 1.30. The van der Waals surface area contributed by atoms with Gasteiger partial charge in [-0.05, 0) is 12.1 Å². The van der Waals surface area contributed by atoms with Gasteiger partial charge in [-0.25, -0.2) is 0 Å². The highest BCUT2D eigenvalue weighted by Crippen LogP contribution is 2.18. The first kappa shape index (κ1) is 8.21. The second-order valence-electron chi connectivity index (χ2n) is 2.54. The Morgan fingerprint density at radius 3 is 2.69 bits per heavy atom. The van der Waals surface area contributed by atoms with Gasteiger partial charge in [0.1, 0.15) is 0 Å². The van der Waals surface area contributed by atoms with E-state index in [0.717, 1.165) is 0 Å². The van der Waals surface area contributed by atoms with E-state index < -0.39 is 10.1 Å². The number of hydrogen-bond donors (Lipinski definition) is 2. The summed E-state index contributed by atoms with van der Waals surface area (Å²) >= 11 is 0. The maximum absolute atomic E-state index is 10.8. The predicted octanol–water partition coefficient (Wildman–Crippen LogP) is 0.810. The van der Waals surface area contributed by atoms with Crippen LogP contribution in [-0.2, 0) is 10.1 Å². The van der Waals surface area contributed by atoms with E-state index in [2.05, 4.69) is 10.2 Å². The molecule has 0 unspecified atom stereocenters. The van der Waals surface area contributed by atoms with Crippen LogP contribution < -0.4 is 0 Å². The Labute approximate surface area is 74.1 Å². The van der Waals surface area contributed by atoms with Gasteiger partial charge in [-0.1, -0.05) is 12.1 Å². The zero-order chi connectivity index (χ0) is 9.47. The summed E-state index contributed by atoms with van der Waals surface area (Å²) in [5.74, 6) is 0. The first-order valence-corrected chi connectivity index (χ1v) is 4.93. The molecule has 5 nitrogen and oxygen atoms in total. The smallest absolute Gasteiger partial charge is 0.281 e. The van der Waals surface area contributed by atoms with Gasteiger partial charge in [-0.2, -0.15) is 13.5 Å². The number of nitrogens with one attached hydrogen (secondary N) is 1. The Bertz CT molecular complexity index is 544. The van der Waals surface area contributed by atoms with E-state index >= 15 is 0 Å². The predicted molar refractivity (Wildman–Crippen MR) is 45.9 cm³/mol. The number of hydrogen-bond acceptors (Lipinski definition) is 3. The number of nitrogens with zero attached hydrogens (tertiary/aromatic N) is 1. The van der Waals surface area contributed by atoms with E-state index in [1.165, 1.54) is 0 Å². The fraction of sp³-hybridized carbons (Fsp3) is 0. The summed E-state index contributed by atoms with van der Waals surface area (Å²) in [7, 11) is -4.20. The molecule has 1 aromatic carbocycles. The molecule has 2 aromatic rings. The minimum atomic E-state index is -4.20. The Kier molecular flexibility index (Phi) is 1.61. The number of aromatic nitrogens is 2. The molecule has 1 aromatic heterocycles. The summed E-state index contributed by atoms with van der Waals surface area (Å²) in [6, 6.07) is 6.63. The molecule has 1 heterocycles. The number of para-hydroxylation sites is 1. The standard InChI is InChI=1S/C7H6N2O3S/c10-13(11,12)7-5-3-1-2-4-6(5)8-9-7/h1-4H,(H,8,9)(H,10,11,12). The van der Waals surface area contributed by atoms with Crippen molar-refractivity contribution in [3.05, 3.63) is 24.3 Å². The highest BCUT2D eigenvalue weighted by molar-refractivity contribution is 7.86. The van der Waals surface area contributed by atoms with E-state index in [9.17, 15) is 8.42 Å². The third-order valence-corrected chi connectivity index (χ3v) is 2.51. The molecular formula is C7H6N2O3S. The minimum absolute atomic E-state index is 0.261. The van der Waals surface area contributed by atoms with Crippen molar-refractivity contribution in [2.24, 2.45) is 0 Å². The van der Waals surface area contributed by atoms with Crippen LogP contribution in [0.15, 0.2) is 29.3 Å². The average molecular weight is 198 g/mol. The van der Waals surface area contributed by atoms with E-state index in [4.69, 9.17) is 4.55 Å². The van der Waals surface area contributed by atoms with Crippen LogP contribution >= 0.6 is 0 Å². The molecule has 0 bridgehead atoms. The van der Waals surface area contributed by atoms with Crippen LogP contribution in [0.4, 0.5) is 0 Å². The van der Waals surface area contributed by atoms with Crippen molar-refractivity contribution in [2.75, 3.05) is 0 Å². The fourth-order valence-electron chi connectivity index (χ4n) is 1.13. The van der Waals surface area contributed by atoms with Gasteiger partial charge in [0.05, 0.1) is 5.52 Å². The first-order valence-electron chi connectivity index (χ1n) is 3.49. The quantitative estimate of drug-likeness (QED) is 0.664. The van der Waals surface area contributed by atoms with Crippen LogP contribution in [0.2, 0.25) is 0 Å². The van der Waals surface area contributed by atoms with Gasteiger partial charge in [-0.3, -0.25) is 9.65 Å². The second kappa shape index (κ2) is 2.54.